The molecule has 4 rings (SSSR count). The summed E-state index contributed by atoms with van der Waals surface area (Å²) in [6.45, 7) is 3.77. The fourth-order valence-corrected chi connectivity index (χ4v) is 3.78. The van der Waals surface area contributed by atoms with Crippen LogP contribution in [-0.2, 0) is 11.3 Å². The van der Waals surface area contributed by atoms with Crippen LogP contribution >= 0.6 is 0 Å². The van der Waals surface area contributed by atoms with Gasteiger partial charge in [0.05, 0.1) is 31.6 Å². The molecule has 0 unspecified atom stereocenters. The van der Waals surface area contributed by atoms with E-state index < -0.39 is 0 Å². The molecule has 1 aromatic carbocycles. The number of ether oxygens (including phenoxy) is 2. The van der Waals surface area contributed by atoms with Crippen LogP contribution in [0.25, 0.3) is 11.3 Å². The van der Waals surface area contributed by atoms with E-state index in [1.165, 1.54) is 0 Å². The largest absolute Gasteiger partial charge is 0.497 e. The van der Waals surface area contributed by atoms with Crippen molar-refractivity contribution in [3.8, 4) is 17.0 Å². The lowest BCUT2D eigenvalue weighted by atomic mass is 10.1. The molecule has 1 atom stereocenters. The van der Waals surface area contributed by atoms with E-state index >= 15 is 0 Å². The molecule has 2 aromatic heterocycles. The molecule has 1 aliphatic heterocycles. The van der Waals surface area contributed by atoms with Gasteiger partial charge in [-0.05, 0) is 57.4 Å². The maximum Gasteiger partial charge on any atom is 0.276 e. The van der Waals surface area contributed by atoms with E-state index in [-0.39, 0.29) is 12.0 Å². The molecule has 0 saturated carbocycles. The first-order valence-electron chi connectivity index (χ1n) is 10.6. The summed E-state index contributed by atoms with van der Waals surface area (Å²) in [6, 6.07) is 13.6. The Kier molecular flexibility index (Phi) is 6.53. The molecule has 1 fully saturated rings. The predicted octanol–water partition coefficient (Wildman–Crippen LogP) is 3.33. The SMILES string of the molecule is COc1ccc(-c2cccc([C@H]3CN(C(=O)c4noc(C)c4CN(C)C)CCO3)n2)cc1. The van der Waals surface area contributed by atoms with E-state index in [9.17, 15) is 4.79 Å². The van der Waals surface area contributed by atoms with E-state index in [1.54, 1.807) is 12.0 Å². The molecule has 1 amide bonds. The van der Waals surface area contributed by atoms with Gasteiger partial charge in [-0.1, -0.05) is 11.2 Å². The number of aromatic nitrogens is 2. The third-order valence-corrected chi connectivity index (χ3v) is 5.50. The zero-order chi connectivity index (χ0) is 22.7. The van der Waals surface area contributed by atoms with Crippen LogP contribution in [0.4, 0.5) is 0 Å². The minimum absolute atomic E-state index is 0.140. The highest BCUT2D eigenvalue weighted by Crippen LogP contribution is 2.27. The second kappa shape index (κ2) is 9.50. The summed E-state index contributed by atoms with van der Waals surface area (Å²) in [6.07, 6.45) is -0.309. The molecule has 3 aromatic rings. The van der Waals surface area contributed by atoms with E-state index in [4.69, 9.17) is 19.0 Å². The molecule has 8 heteroatoms. The molecule has 0 N–H and O–H groups in total. The summed E-state index contributed by atoms with van der Waals surface area (Å²) >= 11 is 0. The number of benzene rings is 1. The second-order valence-electron chi connectivity index (χ2n) is 8.09. The van der Waals surface area contributed by atoms with Gasteiger partial charge < -0.3 is 23.8 Å². The van der Waals surface area contributed by atoms with E-state index in [1.807, 2.05) is 68.4 Å². The molecule has 3 heterocycles. The first kappa shape index (κ1) is 22.0. The second-order valence-corrected chi connectivity index (χ2v) is 8.09. The number of methoxy groups -OCH3 is 1. The highest BCUT2D eigenvalue weighted by atomic mass is 16.5. The van der Waals surface area contributed by atoms with E-state index in [2.05, 4.69) is 5.16 Å². The Labute approximate surface area is 187 Å². The molecule has 8 nitrogen and oxygen atoms in total. The van der Waals surface area contributed by atoms with Crippen molar-refractivity contribution in [1.29, 1.82) is 0 Å². The van der Waals surface area contributed by atoms with Gasteiger partial charge in [-0.2, -0.15) is 0 Å². The van der Waals surface area contributed by atoms with Gasteiger partial charge in [0.15, 0.2) is 5.69 Å². The minimum Gasteiger partial charge on any atom is -0.497 e. The smallest absolute Gasteiger partial charge is 0.276 e. The van der Waals surface area contributed by atoms with Crippen molar-refractivity contribution in [2.75, 3.05) is 40.9 Å². The zero-order valence-corrected chi connectivity index (χ0v) is 18.9. The quantitative estimate of drug-likeness (QED) is 0.586. The molecule has 1 aliphatic rings. The van der Waals surface area contributed by atoms with Gasteiger partial charge in [0, 0.05) is 24.2 Å². The molecule has 0 radical (unpaired) electrons. The number of hydrogen-bond donors (Lipinski definition) is 0. The Hall–Kier alpha value is -3.23. The first-order chi connectivity index (χ1) is 15.5. The van der Waals surface area contributed by atoms with Crippen LogP contribution in [0.15, 0.2) is 47.0 Å². The third-order valence-electron chi connectivity index (χ3n) is 5.50. The summed E-state index contributed by atoms with van der Waals surface area (Å²) < 4.78 is 16.5. The lowest BCUT2D eigenvalue weighted by Crippen LogP contribution is -2.43. The van der Waals surface area contributed by atoms with Gasteiger partial charge in [0.25, 0.3) is 5.91 Å². The number of hydrogen-bond acceptors (Lipinski definition) is 7. The third kappa shape index (κ3) is 4.66. The molecular weight excluding hydrogens is 408 g/mol. The van der Waals surface area contributed by atoms with Crippen molar-refractivity contribution in [3.05, 3.63) is 65.2 Å². The van der Waals surface area contributed by atoms with Crippen LogP contribution in [0.5, 0.6) is 5.75 Å². The van der Waals surface area contributed by atoms with Crippen LogP contribution in [0, 0.1) is 6.92 Å². The Morgan fingerprint density at radius 1 is 1.22 bits per heavy atom. The number of morpholine rings is 1. The molecule has 168 valence electrons. The normalized spacial score (nSPS) is 16.4. The highest BCUT2D eigenvalue weighted by molar-refractivity contribution is 5.94. The van der Waals surface area contributed by atoms with Crippen molar-refractivity contribution in [2.45, 2.75) is 19.6 Å². The number of pyridine rings is 1. The van der Waals surface area contributed by atoms with Crippen LogP contribution in [0.3, 0.4) is 0 Å². The average molecular weight is 437 g/mol. The Morgan fingerprint density at radius 3 is 2.72 bits per heavy atom. The van der Waals surface area contributed by atoms with Gasteiger partial charge in [0.2, 0.25) is 0 Å². The molecule has 0 spiro atoms. The van der Waals surface area contributed by atoms with Gasteiger partial charge in [-0.25, -0.2) is 4.98 Å². The fraction of sp³-hybridized carbons (Fsp3) is 0.375. The fourth-order valence-electron chi connectivity index (χ4n) is 3.78. The van der Waals surface area contributed by atoms with Gasteiger partial charge in [-0.15, -0.1) is 0 Å². The zero-order valence-electron chi connectivity index (χ0n) is 18.9. The number of rotatable bonds is 6. The molecule has 0 bridgehead atoms. The minimum atomic E-state index is -0.309. The average Bonchev–Trinajstić information content (AvgIpc) is 3.18. The van der Waals surface area contributed by atoms with E-state index in [0.717, 1.165) is 28.3 Å². The van der Waals surface area contributed by atoms with Crippen molar-refractivity contribution < 1.29 is 18.8 Å². The predicted molar refractivity (Wildman–Crippen MR) is 119 cm³/mol. The highest BCUT2D eigenvalue weighted by Gasteiger charge is 2.31. The van der Waals surface area contributed by atoms with Crippen LogP contribution in [0.1, 0.15) is 33.6 Å². The van der Waals surface area contributed by atoms with Crippen LogP contribution < -0.4 is 4.74 Å². The Bertz CT molecular complexity index is 1080. The number of aryl methyl sites for hydroxylation is 1. The monoisotopic (exact) mass is 436 g/mol. The van der Waals surface area contributed by atoms with Crippen LogP contribution in [-0.4, -0.2) is 66.7 Å². The van der Waals surface area contributed by atoms with Gasteiger partial charge >= 0.3 is 0 Å². The first-order valence-corrected chi connectivity index (χ1v) is 10.6. The molecular formula is C24H28N4O4. The number of nitrogens with zero attached hydrogens (tertiary/aromatic N) is 4. The Morgan fingerprint density at radius 2 is 2.00 bits per heavy atom. The molecule has 0 aliphatic carbocycles. The lowest BCUT2D eigenvalue weighted by Gasteiger charge is -2.32. The molecule has 32 heavy (non-hydrogen) atoms. The summed E-state index contributed by atoms with van der Waals surface area (Å²) in [5, 5.41) is 4.05. The summed E-state index contributed by atoms with van der Waals surface area (Å²) in [5.74, 6) is 1.32. The van der Waals surface area contributed by atoms with Gasteiger partial charge in [-0.3, -0.25) is 4.79 Å². The number of amides is 1. The standard InChI is InChI=1S/C24H28N4O4/c1-16-19(14-27(2)3)23(26-32-16)24(29)28-12-13-31-22(15-28)21-7-5-6-20(25-21)17-8-10-18(30-4)11-9-17/h5-11,22H,12-15H2,1-4H3/t22-/m1/s1. The van der Waals surface area contributed by atoms with Crippen molar-refractivity contribution >= 4 is 5.91 Å². The van der Waals surface area contributed by atoms with Crippen LogP contribution in [0.2, 0.25) is 0 Å². The summed E-state index contributed by atoms with van der Waals surface area (Å²) in [7, 11) is 5.55. The van der Waals surface area contributed by atoms with Crippen molar-refractivity contribution in [2.24, 2.45) is 0 Å². The number of carbonyl (C=O) groups excluding carboxylic acids is 1. The Balaban J connectivity index is 1.53. The molecule has 1 saturated heterocycles. The topological polar surface area (TPSA) is 80.9 Å². The maximum absolute atomic E-state index is 13.2. The van der Waals surface area contributed by atoms with Crippen molar-refractivity contribution in [3.63, 3.8) is 0 Å². The lowest BCUT2D eigenvalue weighted by molar-refractivity contribution is -0.0250. The maximum atomic E-state index is 13.2. The van der Waals surface area contributed by atoms with E-state index in [0.29, 0.717) is 37.7 Å². The van der Waals surface area contributed by atoms with Crippen molar-refractivity contribution in [1.82, 2.24) is 19.9 Å². The van der Waals surface area contributed by atoms with Gasteiger partial charge in [0.1, 0.15) is 17.6 Å². The summed E-state index contributed by atoms with van der Waals surface area (Å²) in [5.41, 5.74) is 3.82. The number of carbonyl (C=O) groups is 1. The summed E-state index contributed by atoms with van der Waals surface area (Å²) in [4.78, 5) is 21.8.